The van der Waals surface area contributed by atoms with Crippen LogP contribution in [0, 0.1) is 6.92 Å². The van der Waals surface area contributed by atoms with Crippen molar-refractivity contribution in [3.63, 3.8) is 0 Å². The van der Waals surface area contributed by atoms with Gasteiger partial charge in [-0.25, -0.2) is 0 Å². The fourth-order valence-electron chi connectivity index (χ4n) is 3.73. The summed E-state index contributed by atoms with van der Waals surface area (Å²) < 4.78 is 17.9. The molecule has 4 heterocycles. The molecule has 0 amide bonds. The van der Waals surface area contributed by atoms with E-state index >= 15 is 0 Å². The minimum Gasteiger partial charge on any atom is -0.465 e. The lowest BCUT2D eigenvalue weighted by Crippen LogP contribution is -2.32. The summed E-state index contributed by atoms with van der Waals surface area (Å²) in [5.74, 6) is 2.00. The van der Waals surface area contributed by atoms with E-state index < -0.39 is 0 Å². The molecule has 2 aromatic rings. The van der Waals surface area contributed by atoms with Crippen LogP contribution in [-0.2, 0) is 22.6 Å². The average Bonchev–Trinajstić information content (AvgIpc) is 3.29. The number of ether oxygens (including phenoxy) is 2. The van der Waals surface area contributed by atoms with Crippen molar-refractivity contribution in [3.8, 4) is 0 Å². The Morgan fingerprint density at radius 2 is 2.29 bits per heavy atom. The predicted octanol–water partition coefficient (Wildman–Crippen LogP) is 2.93. The molecule has 2 aliphatic rings. The topological polar surface area (TPSA) is 47.7 Å². The number of rotatable bonds is 5. The molecule has 128 valence electrons. The first-order valence-corrected chi connectivity index (χ1v) is 8.64. The Morgan fingerprint density at radius 1 is 1.33 bits per heavy atom. The molecule has 0 aromatic carbocycles. The Bertz CT molecular complexity index is 672. The number of furan rings is 1. The molecule has 0 radical (unpaired) electrons. The summed E-state index contributed by atoms with van der Waals surface area (Å²) in [6.45, 7) is 6.08. The molecule has 2 saturated heterocycles. The second-order valence-electron chi connectivity index (χ2n) is 6.93. The van der Waals surface area contributed by atoms with Gasteiger partial charge in [0.2, 0.25) is 0 Å². The van der Waals surface area contributed by atoms with E-state index in [0.717, 1.165) is 49.7 Å². The van der Waals surface area contributed by atoms with Crippen molar-refractivity contribution < 1.29 is 13.9 Å². The van der Waals surface area contributed by atoms with Gasteiger partial charge in [0.1, 0.15) is 11.5 Å². The van der Waals surface area contributed by atoms with Gasteiger partial charge < -0.3 is 13.9 Å². The first kappa shape index (κ1) is 15.8. The summed E-state index contributed by atoms with van der Waals surface area (Å²) in [7, 11) is 0. The van der Waals surface area contributed by atoms with Gasteiger partial charge in [0, 0.05) is 25.7 Å². The van der Waals surface area contributed by atoms with Crippen LogP contribution in [0.1, 0.15) is 30.1 Å². The lowest BCUT2D eigenvalue weighted by atomic mass is 9.98. The largest absolute Gasteiger partial charge is 0.465 e. The van der Waals surface area contributed by atoms with Crippen LogP contribution < -0.4 is 0 Å². The molecule has 2 aliphatic heterocycles. The zero-order valence-corrected chi connectivity index (χ0v) is 14.1. The van der Waals surface area contributed by atoms with Crippen LogP contribution >= 0.6 is 0 Å². The van der Waals surface area contributed by atoms with Crippen LogP contribution in [0.4, 0.5) is 0 Å². The minimum absolute atomic E-state index is 0.0452. The van der Waals surface area contributed by atoms with Crippen LogP contribution in [0.15, 0.2) is 40.9 Å². The van der Waals surface area contributed by atoms with Crippen molar-refractivity contribution in [2.45, 2.75) is 44.6 Å². The number of aromatic nitrogens is 1. The first-order valence-electron chi connectivity index (χ1n) is 8.64. The van der Waals surface area contributed by atoms with Gasteiger partial charge >= 0.3 is 0 Å². The molecule has 24 heavy (non-hydrogen) atoms. The van der Waals surface area contributed by atoms with Crippen LogP contribution in [0.5, 0.6) is 0 Å². The van der Waals surface area contributed by atoms with E-state index in [2.05, 4.69) is 16.0 Å². The molecule has 5 heteroatoms. The molecule has 2 fully saturated rings. The highest BCUT2D eigenvalue weighted by molar-refractivity contribution is 5.07. The SMILES string of the molecule is Cc1ccc(CN2CC[C@]3(C[C@H](OCc4ccccn4)CO3)C2)o1. The van der Waals surface area contributed by atoms with E-state index in [9.17, 15) is 0 Å². The summed E-state index contributed by atoms with van der Waals surface area (Å²) in [5, 5.41) is 0. The Hall–Kier alpha value is -1.69. The predicted molar refractivity (Wildman–Crippen MR) is 89.5 cm³/mol. The summed E-state index contributed by atoms with van der Waals surface area (Å²) in [4.78, 5) is 6.72. The van der Waals surface area contributed by atoms with E-state index in [1.807, 2.05) is 31.2 Å². The summed E-state index contributed by atoms with van der Waals surface area (Å²) >= 11 is 0. The number of nitrogens with zero attached hydrogens (tertiary/aromatic N) is 2. The fraction of sp³-hybridized carbons (Fsp3) is 0.526. The van der Waals surface area contributed by atoms with Crippen molar-refractivity contribution in [2.24, 2.45) is 0 Å². The highest BCUT2D eigenvalue weighted by Gasteiger charge is 2.45. The normalized spacial score (nSPS) is 27.3. The zero-order valence-electron chi connectivity index (χ0n) is 14.1. The van der Waals surface area contributed by atoms with Crippen LogP contribution in [0.3, 0.4) is 0 Å². The molecule has 0 aliphatic carbocycles. The molecule has 2 aromatic heterocycles. The van der Waals surface area contributed by atoms with Crippen molar-refractivity contribution in [2.75, 3.05) is 19.7 Å². The third-order valence-corrected chi connectivity index (χ3v) is 4.94. The van der Waals surface area contributed by atoms with Gasteiger partial charge in [-0.3, -0.25) is 9.88 Å². The maximum absolute atomic E-state index is 6.16. The molecule has 4 rings (SSSR count). The molecule has 0 unspecified atom stereocenters. The molecule has 5 nitrogen and oxygen atoms in total. The molecule has 1 spiro atoms. The van der Waals surface area contributed by atoms with Crippen molar-refractivity contribution in [1.82, 2.24) is 9.88 Å². The number of aryl methyl sites for hydroxylation is 1. The monoisotopic (exact) mass is 328 g/mol. The number of hydrogen-bond acceptors (Lipinski definition) is 5. The maximum atomic E-state index is 6.16. The van der Waals surface area contributed by atoms with Crippen molar-refractivity contribution >= 4 is 0 Å². The van der Waals surface area contributed by atoms with E-state index in [1.54, 1.807) is 6.20 Å². The summed E-state index contributed by atoms with van der Waals surface area (Å²) in [6.07, 6.45) is 4.00. The van der Waals surface area contributed by atoms with Crippen LogP contribution in [-0.4, -0.2) is 41.3 Å². The Labute approximate surface area is 142 Å². The molecule has 0 bridgehead atoms. The summed E-state index contributed by atoms with van der Waals surface area (Å²) in [6, 6.07) is 9.99. The molecular formula is C19H24N2O3. The van der Waals surface area contributed by atoms with Crippen molar-refractivity contribution in [3.05, 3.63) is 53.7 Å². The van der Waals surface area contributed by atoms with Crippen molar-refractivity contribution in [1.29, 1.82) is 0 Å². The third-order valence-electron chi connectivity index (χ3n) is 4.94. The zero-order chi connectivity index (χ0) is 16.4. The smallest absolute Gasteiger partial charge is 0.118 e. The van der Waals surface area contributed by atoms with E-state index in [4.69, 9.17) is 13.9 Å². The quantitative estimate of drug-likeness (QED) is 0.844. The van der Waals surface area contributed by atoms with Gasteiger partial charge in [0.05, 0.1) is 37.2 Å². The Morgan fingerprint density at radius 3 is 3.08 bits per heavy atom. The average molecular weight is 328 g/mol. The van der Waals surface area contributed by atoms with E-state index in [-0.39, 0.29) is 11.7 Å². The van der Waals surface area contributed by atoms with Gasteiger partial charge in [-0.2, -0.15) is 0 Å². The summed E-state index contributed by atoms with van der Waals surface area (Å²) in [5.41, 5.74) is 0.927. The first-order chi connectivity index (χ1) is 11.7. The lowest BCUT2D eigenvalue weighted by Gasteiger charge is -2.23. The van der Waals surface area contributed by atoms with E-state index in [1.165, 1.54) is 0 Å². The van der Waals surface area contributed by atoms with Gasteiger partial charge in [-0.15, -0.1) is 0 Å². The maximum Gasteiger partial charge on any atom is 0.118 e. The fourth-order valence-corrected chi connectivity index (χ4v) is 3.73. The molecule has 0 N–H and O–H groups in total. The number of likely N-dealkylation sites (tertiary alicyclic amines) is 1. The molecule has 0 saturated carbocycles. The minimum atomic E-state index is -0.0452. The van der Waals surface area contributed by atoms with E-state index in [0.29, 0.717) is 13.2 Å². The van der Waals surface area contributed by atoms with Crippen LogP contribution in [0.25, 0.3) is 0 Å². The number of pyridine rings is 1. The Balaban J connectivity index is 1.28. The molecular weight excluding hydrogens is 304 g/mol. The third kappa shape index (κ3) is 3.53. The van der Waals surface area contributed by atoms with Gasteiger partial charge in [0.25, 0.3) is 0 Å². The molecule has 2 atom stereocenters. The van der Waals surface area contributed by atoms with Gasteiger partial charge in [-0.05, 0) is 37.6 Å². The van der Waals surface area contributed by atoms with Gasteiger partial charge in [-0.1, -0.05) is 6.07 Å². The lowest BCUT2D eigenvalue weighted by molar-refractivity contribution is -0.00105. The highest BCUT2D eigenvalue weighted by Crippen LogP contribution is 2.37. The Kier molecular flexibility index (Phi) is 4.39. The van der Waals surface area contributed by atoms with Crippen LogP contribution in [0.2, 0.25) is 0 Å². The second kappa shape index (κ2) is 6.67. The highest BCUT2D eigenvalue weighted by atomic mass is 16.6. The standard InChI is InChI=1S/C19H24N2O3/c1-15-5-6-17(24-15)11-21-9-7-19(14-21)10-18(13-23-19)22-12-16-4-2-3-8-20-16/h2-6,8,18H,7,9-14H2,1H3/t18-,19-/m0/s1. The van der Waals surface area contributed by atoms with Gasteiger partial charge in [0.15, 0.2) is 0 Å². The second-order valence-corrected chi connectivity index (χ2v) is 6.93. The number of hydrogen-bond donors (Lipinski definition) is 0.